The second-order valence-electron chi connectivity index (χ2n) is 3.34. The summed E-state index contributed by atoms with van der Waals surface area (Å²) >= 11 is 0. The number of hydrogen-bond donors (Lipinski definition) is 2. The molecule has 1 aliphatic rings. The van der Waals surface area contributed by atoms with Crippen molar-refractivity contribution in [2.24, 2.45) is 23.3 Å². The molecule has 1 rings (SSSR count). The molecule has 0 saturated heterocycles. The van der Waals surface area contributed by atoms with Gasteiger partial charge in [-0.1, -0.05) is 13.8 Å². The Morgan fingerprint density at radius 3 is 1.44 bits per heavy atom. The van der Waals surface area contributed by atoms with Gasteiger partial charge in [-0.3, -0.25) is 0 Å². The van der Waals surface area contributed by atoms with Crippen LogP contribution in [0.5, 0.6) is 0 Å². The smallest absolute Gasteiger partial charge is 0.0221 e. The third-order valence-corrected chi connectivity index (χ3v) is 2.50. The fraction of sp³-hybridized carbons (Fsp3) is 1.00. The summed E-state index contributed by atoms with van der Waals surface area (Å²) in [4.78, 5) is 0. The molecule has 54 valence electrons. The first-order valence-electron chi connectivity index (χ1n) is 3.64. The predicted octanol–water partition coefficient (Wildman–Crippen LogP) is 0.317. The SMILES string of the molecule is C[C@@H]1C[C@H](C)[C@@H](N)[C@H]1N. The van der Waals surface area contributed by atoms with Gasteiger partial charge >= 0.3 is 0 Å². The van der Waals surface area contributed by atoms with E-state index in [1.165, 1.54) is 6.42 Å². The highest BCUT2D eigenvalue weighted by molar-refractivity contribution is 4.92. The van der Waals surface area contributed by atoms with E-state index in [0.717, 1.165) is 0 Å². The van der Waals surface area contributed by atoms with E-state index < -0.39 is 0 Å². The lowest BCUT2D eigenvalue weighted by molar-refractivity contribution is 0.483. The molecular weight excluding hydrogens is 112 g/mol. The van der Waals surface area contributed by atoms with Crippen LogP contribution in [0.25, 0.3) is 0 Å². The van der Waals surface area contributed by atoms with Gasteiger partial charge < -0.3 is 11.5 Å². The van der Waals surface area contributed by atoms with Crippen LogP contribution in [0.2, 0.25) is 0 Å². The molecule has 9 heavy (non-hydrogen) atoms. The zero-order valence-electron chi connectivity index (χ0n) is 6.17. The van der Waals surface area contributed by atoms with E-state index in [9.17, 15) is 0 Å². The monoisotopic (exact) mass is 128 g/mol. The average Bonchev–Trinajstić information content (AvgIpc) is 1.98. The van der Waals surface area contributed by atoms with Crippen LogP contribution in [0.3, 0.4) is 0 Å². The van der Waals surface area contributed by atoms with Crippen LogP contribution in [0.15, 0.2) is 0 Å². The second kappa shape index (κ2) is 2.27. The van der Waals surface area contributed by atoms with Gasteiger partial charge in [-0.25, -0.2) is 0 Å². The van der Waals surface area contributed by atoms with Crippen LogP contribution < -0.4 is 11.5 Å². The van der Waals surface area contributed by atoms with Gasteiger partial charge in [0, 0.05) is 12.1 Å². The van der Waals surface area contributed by atoms with E-state index in [1.54, 1.807) is 0 Å². The lowest BCUT2D eigenvalue weighted by atomic mass is 10.1. The van der Waals surface area contributed by atoms with Crippen molar-refractivity contribution in [3.05, 3.63) is 0 Å². The molecule has 0 aromatic heterocycles. The first-order chi connectivity index (χ1) is 4.13. The Balaban J connectivity index is 2.54. The van der Waals surface area contributed by atoms with E-state index in [-0.39, 0.29) is 12.1 Å². The highest BCUT2D eigenvalue weighted by Gasteiger charge is 2.33. The highest BCUT2D eigenvalue weighted by Crippen LogP contribution is 2.27. The summed E-state index contributed by atoms with van der Waals surface area (Å²) in [6, 6.07) is 0.472. The minimum absolute atomic E-state index is 0.236. The number of hydrogen-bond acceptors (Lipinski definition) is 2. The van der Waals surface area contributed by atoms with Gasteiger partial charge in [-0.15, -0.1) is 0 Å². The molecular formula is C7H16N2. The van der Waals surface area contributed by atoms with Gasteiger partial charge in [0.25, 0.3) is 0 Å². The van der Waals surface area contributed by atoms with Crippen LogP contribution >= 0.6 is 0 Å². The largest absolute Gasteiger partial charge is 0.326 e. The predicted molar refractivity (Wildman–Crippen MR) is 38.9 cm³/mol. The van der Waals surface area contributed by atoms with Crippen LogP contribution in [0, 0.1) is 11.8 Å². The molecule has 0 aromatic rings. The first kappa shape index (κ1) is 7.03. The number of rotatable bonds is 0. The quantitative estimate of drug-likeness (QED) is 0.493. The summed E-state index contributed by atoms with van der Waals surface area (Å²) in [6.45, 7) is 4.35. The van der Waals surface area contributed by atoms with E-state index in [4.69, 9.17) is 11.5 Å². The maximum absolute atomic E-state index is 5.79. The fourth-order valence-corrected chi connectivity index (χ4v) is 1.66. The van der Waals surface area contributed by atoms with Gasteiger partial charge in [0.1, 0.15) is 0 Å². The molecule has 2 nitrogen and oxygen atoms in total. The molecule has 0 aromatic carbocycles. The second-order valence-corrected chi connectivity index (χ2v) is 3.34. The molecule has 0 spiro atoms. The molecule has 2 heteroatoms. The van der Waals surface area contributed by atoms with Gasteiger partial charge in [-0.05, 0) is 18.3 Å². The van der Waals surface area contributed by atoms with Gasteiger partial charge in [-0.2, -0.15) is 0 Å². The standard InChI is InChI=1S/C7H16N2/c1-4-3-5(2)7(9)6(4)8/h4-7H,3,8-9H2,1-2H3/t4-,5+,6+,7-. The summed E-state index contributed by atoms with van der Waals surface area (Å²) < 4.78 is 0. The first-order valence-corrected chi connectivity index (χ1v) is 3.64. The van der Waals surface area contributed by atoms with Crippen LogP contribution in [0.1, 0.15) is 20.3 Å². The Hall–Kier alpha value is -0.0800. The van der Waals surface area contributed by atoms with Crippen molar-refractivity contribution in [2.45, 2.75) is 32.4 Å². The summed E-state index contributed by atoms with van der Waals surface area (Å²) in [7, 11) is 0. The molecule has 4 N–H and O–H groups in total. The van der Waals surface area contributed by atoms with Crippen molar-refractivity contribution in [1.29, 1.82) is 0 Å². The molecule has 0 unspecified atom stereocenters. The molecule has 0 bridgehead atoms. The minimum atomic E-state index is 0.236. The topological polar surface area (TPSA) is 52.0 Å². The van der Waals surface area contributed by atoms with Crippen molar-refractivity contribution < 1.29 is 0 Å². The van der Waals surface area contributed by atoms with Crippen LogP contribution in [0.4, 0.5) is 0 Å². The summed E-state index contributed by atoms with van der Waals surface area (Å²) in [5.41, 5.74) is 11.6. The highest BCUT2D eigenvalue weighted by atomic mass is 14.8. The van der Waals surface area contributed by atoms with Crippen molar-refractivity contribution in [3.8, 4) is 0 Å². The summed E-state index contributed by atoms with van der Waals surface area (Å²) in [6.07, 6.45) is 1.20. The van der Waals surface area contributed by atoms with Crippen LogP contribution in [-0.2, 0) is 0 Å². The van der Waals surface area contributed by atoms with E-state index in [0.29, 0.717) is 11.8 Å². The maximum Gasteiger partial charge on any atom is 0.0221 e. The Morgan fingerprint density at radius 1 is 1.00 bits per heavy atom. The molecule has 0 aliphatic heterocycles. The maximum atomic E-state index is 5.79. The summed E-state index contributed by atoms with van der Waals surface area (Å²) in [5, 5.41) is 0. The lowest BCUT2D eigenvalue weighted by Gasteiger charge is -2.14. The molecule has 1 fully saturated rings. The Labute approximate surface area is 56.6 Å². The molecule has 0 radical (unpaired) electrons. The molecule has 1 aliphatic carbocycles. The van der Waals surface area contributed by atoms with Crippen molar-refractivity contribution in [2.75, 3.05) is 0 Å². The summed E-state index contributed by atoms with van der Waals surface area (Å²) in [5.74, 6) is 1.24. The van der Waals surface area contributed by atoms with Crippen molar-refractivity contribution >= 4 is 0 Å². The molecule has 0 amide bonds. The fourth-order valence-electron chi connectivity index (χ4n) is 1.66. The lowest BCUT2D eigenvalue weighted by Crippen LogP contribution is -2.41. The van der Waals surface area contributed by atoms with E-state index >= 15 is 0 Å². The van der Waals surface area contributed by atoms with Gasteiger partial charge in [0.2, 0.25) is 0 Å². The average molecular weight is 128 g/mol. The third kappa shape index (κ3) is 1.10. The van der Waals surface area contributed by atoms with Crippen LogP contribution in [-0.4, -0.2) is 12.1 Å². The third-order valence-electron chi connectivity index (χ3n) is 2.50. The Bertz CT molecular complexity index is 91.1. The zero-order chi connectivity index (χ0) is 7.02. The van der Waals surface area contributed by atoms with Gasteiger partial charge in [0.15, 0.2) is 0 Å². The molecule has 0 heterocycles. The number of nitrogens with two attached hydrogens (primary N) is 2. The normalized spacial score (nSPS) is 52.0. The minimum Gasteiger partial charge on any atom is -0.326 e. The van der Waals surface area contributed by atoms with Crippen molar-refractivity contribution in [3.63, 3.8) is 0 Å². The molecule has 1 saturated carbocycles. The van der Waals surface area contributed by atoms with Gasteiger partial charge in [0.05, 0.1) is 0 Å². The molecule has 4 atom stereocenters. The Kier molecular flexibility index (Phi) is 1.78. The zero-order valence-corrected chi connectivity index (χ0v) is 6.17. The van der Waals surface area contributed by atoms with E-state index in [1.807, 2.05) is 0 Å². The van der Waals surface area contributed by atoms with E-state index in [2.05, 4.69) is 13.8 Å². The van der Waals surface area contributed by atoms with Crippen molar-refractivity contribution in [1.82, 2.24) is 0 Å². The Morgan fingerprint density at radius 2 is 1.33 bits per heavy atom.